The third kappa shape index (κ3) is 2.15. The number of hydrogen-bond donors (Lipinski definition) is 0. The number of morpholine rings is 1. The molecule has 4 nitrogen and oxygen atoms in total. The van der Waals surface area contributed by atoms with Crippen LogP contribution < -0.4 is 4.90 Å². The fourth-order valence-electron chi connectivity index (χ4n) is 1.96. The van der Waals surface area contributed by atoms with Crippen LogP contribution in [0.5, 0.6) is 0 Å². The molecule has 2 heterocycles. The van der Waals surface area contributed by atoms with E-state index in [1.54, 1.807) is 6.20 Å². The highest BCUT2D eigenvalue weighted by Crippen LogP contribution is 2.24. The van der Waals surface area contributed by atoms with Crippen molar-refractivity contribution < 1.29 is 4.74 Å². The molecule has 0 atom stereocenters. The van der Waals surface area contributed by atoms with Crippen LogP contribution in [0, 0.1) is 11.3 Å². The van der Waals surface area contributed by atoms with Gasteiger partial charge < -0.3 is 9.64 Å². The third-order valence-electron chi connectivity index (χ3n) is 2.66. The van der Waals surface area contributed by atoms with E-state index in [0.29, 0.717) is 12.3 Å². The Balaban J connectivity index is 2.27. The molecule has 1 aromatic heterocycles. The van der Waals surface area contributed by atoms with Crippen molar-refractivity contribution in [1.29, 1.82) is 5.26 Å². The van der Waals surface area contributed by atoms with Crippen LogP contribution in [-0.4, -0.2) is 30.3 Å². The highest BCUT2D eigenvalue weighted by molar-refractivity contribution is 5.56. The molecule has 1 fully saturated rings. The molecule has 0 spiro atoms. The van der Waals surface area contributed by atoms with Crippen LogP contribution in [-0.2, 0) is 4.74 Å². The summed E-state index contributed by atoms with van der Waals surface area (Å²) in [4.78, 5) is 6.24. The summed E-state index contributed by atoms with van der Waals surface area (Å²) in [5, 5.41) is 9.01. The lowest BCUT2D eigenvalue weighted by Gasteiger charge is -2.39. The minimum absolute atomic E-state index is 0.166. The summed E-state index contributed by atoms with van der Waals surface area (Å²) in [6.07, 6.45) is 1.65. The fraction of sp³-hybridized carbons (Fsp3) is 0.500. The number of anilines is 1. The van der Waals surface area contributed by atoms with Gasteiger partial charge in [0, 0.05) is 19.3 Å². The maximum absolute atomic E-state index is 9.01. The summed E-state index contributed by atoms with van der Waals surface area (Å²) in [6.45, 7) is 6.40. The van der Waals surface area contributed by atoms with Crippen molar-refractivity contribution in [3.05, 3.63) is 24.0 Å². The zero-order chi connectivity index (χ0) is 11.6. The molecule has 1 aliphatic rings. The van der Waals surface area contributed by atoms with E-state index in [1.807, 2.05) is 12.1 Å². The highest BCUT2D eigenvalue weighted by atomic mass is 16.5. The lowest BCUT2D eigenvalue weighted by atomic mass is 10.1. The van der Waals surface area contributed by atoms with Crippen molar-refractivity contribution in [3.63, 3.8) is 0 Å². The Hall–Kier alpha value is -1.60. The Morgan fingerprint density at radius 1 is 1.56 bits per heavy atom. The van der Waals surface area contributed by atoms with Crippen LogP contribution >= 0.6 is 0 Å². The van der Waals surface area contributed by atoms with Gasteiger partial charge >= 0.3 is 0 Å². The van der Waals surface area contributed by atoms with Gasteiger partial charge in [0.15, 0.2) is 5.69 Å². The average molecular weight is 217 g/mol. The number of ether oxygens (including phenoxy) is 1. The Kier molecular flexibility index (Phi) is 2.80. The number of rotatable bonds is 1. The van der Waals surface area contributed by atoms with Crippen LogP contribution in [0.4, 0.5) is 5.69 Å². The number of hydrogen-bond acceptors (Lipinski definition) is 4. The SMILES string of the molecule is CC1(C)CN(c2cccnc2C#N)CCO1. The van der Waals surface area contributed by atoms with Gasteiger partial charge in [-0.3, -0.25) is 0 Å². The van der Waals surface area contributed by atoms with Crippen LogP contribution in [0.1, 0.15) is 19.5 Å². The number of pyridine rings is 1. The fourth-order valence-corrected chi connectivity index (χ4v) is 1.96. The molecule has 1 aromatic rings. The van der Waals surface area contributed by atoms with Crippen LogP contribution in [0.3, 0.4) is 0 Å². The van der Waals surface area contributed by atoms with E-state index in [9.17, 15) is 0 Å². The van der Waals surface area contributed by atoms with Crippen molar-refractivity contribution in [2.24, 2.45) is 0 Å². The highest BCUT2D eigenvalue weighted by Gasteiger charge is 2.28. The molecule has 2 rings (SSSR count). The van der Waals surface area contributed by atoms with Gasteiger partial charge in [-0.1, -0.05) is 0 Å². The molecule has 0 bridgehead atoms. The summed E-state index contributed by atoms with van der Waals surface area (Å²) in [5.41, 5.74) is 1.22. The second-order valence-corrected chi connectivity index (χ2v) is 4.51. The first kappa shape index (κ1) is 10.9. The van der Waals surface area contributed by atoms with E-state index in [-0.39, 0.29) is 5.60 Å². The van der Waals surface area contributed by atoms with Crippen LogP contribution in [0.2, 0.25) is 0 Å². The van der Waals surface area contributed by atoms with Crippen molar-refractivity contribution >= 4 is 5.69 Å². The minimum Gasteiger partial charge on any atom is -0.372 e. The molecular weight excluding hydrogens is 202 g/mol. The van der Waals surface area contributed by atoms with Crippen molar-refractivity contribution in [3.8, 4) is 6.07 Å². The topological polar surface area (TPSA) is 49.2 Å². The second kappa shape index (κ2) is 4.11. The first-order valence-corrected chi connectivity index (χ1v) is 5.36. The van der Waals surface area contributed by atoms with E-state index >= 15 is 0 Å². The number of aromatic nitrogens is 1. The Morgan fingerprint density at radius 3 is 3.06 bits per heavy atom. The first-order chi connectivity index (χ1) is 7.62. The normalized spacial score (nSPS) is 19.2. The lowest BCUT2D eigenvalue weighted by molar-refractivity contribution is -0.0277. The van der Waals surface area contributed by atoms with Gasteiger partial charge in [-0.2, -0.15) is 5.26 Å². The predicted octanol–water partition coefficient (Wildman–Crippen LogP) is 1.57. The largest absolute Gasteiger partial charge is 0.372 e. The molecule has 0 radical (unpaired) electrons. The molecule has 16 heavy (non-hydrogen) atoms. The molecule has 84 valence electrons. The molecule has 0 N–H and O–H groups in total. The van der Waals surface area contributed by atoms with E-state index in [4.69, 9.17) is 10.00 Å². The number of nitriles is 1. The van der Waals surface area contributed by atoms with Crippen molar-refractivity contribution in [2.45, 2.75) is 19.4 Å². The second-order valence-electron chi connectivity index (χ2n) is 4.51. The molecule has 0 amide bonds. The smallest absolute Gasteiger partial charge is 0.163 e. The van der Waals surface area contributed by atoms with Crippen LogP contribution in [0.15, 0.2) is 18.3 Å². The van der Waals surface area contributed by atoms with Gasteiger partial charge in [0.05, 0.1) is 17.9 Å². The summed E-state index contributed by atoms with van der Waals surface area (Å²) in [6, 6.07) is 5.92. The monoisotopic (exact) mass is 217 g/mol. The quantitative estimate of drug-likeness (QED) is 0.716. The van der Waals surface area contributed by atoms with Gasteiger partial charge in [-0.05, 0) is 26.0 Å². The minimum atomic E-state index is -0.166. The average Bonchev–Trinajstić information content (AvgIpc) is 2.27. The first-order valence-electron chi connectivity index (χ1n) is 5.36. The molecule has 1 saturated heterocycles. The Morgan fingerprint density at radius 2 is 2.38 bits per heavy atom. The van der Waals surface area contributed by atoms with Gasteiger partial charge in [0.2, 0.25) is 0 Å². The predicted molar refractivity (Wildman–Crippen MR) is 61.2 cm³/mol. The summed E-state index contributed by atoms with van der Waals surface area (Å²) < 4.78 is 5.65. The lowest BCUT2D eigenvalue weighted by Crippen LogP contribution is -2.48. The molecule has 0 aliphatic carbocycles. The van der Waals surface area contributed by atoms with Gasteiger partial charge in [-0.15, -0.1) is 0 Å². The van der Waals surface area contributed by atoms with E-state index < -0.39 is 0 Å². The van der Waals surface area contributed by atoms with Gasteiger partial charge in [-0.25, -0.2) is 4.98 Å². The summed E-state index contributed by atoms with van der Waals surface area (Å²) in [5.74, 6) is 0. The summed E-state index contributed by atoms with van der Waals surface area (Å²) in [7, 11) is 0. The molecule has 0 unspecified atom stereocenters. The van der Waals surface area contributed by atoms with E-state index in [0.717, 1.165) is 18.8 Å². The Labute approximate surface area is 95.5 Å². The number of nitrogens with zero attached hydrogens (tertiary/aromatic N) is 3. The molecule has 1 aliphatic heterocycles. The molecular formula is C12H15N3O. The van der Waals surface area contributed by atoms with Gasteiger partial charge in [0.25, 0.3) is 0 Å². The van der Waals surface area contributed by atoms with E-state index in [1.165, 1.54) is 0 Å². The zero-order valence-corrected chi connectivity index (χ0v) is 9.60. The summed E-state index contributed by atoms with van der Waals surface area (Å²) >= 11 is 0. The Bertz CT molecular complexity index is 423. The maximum Gasteiger partial charge on any atom is 0.163 e. The molecule has 4 heteroatoms. The third-order valence-corrected chi connectivity index (χ3v) is 2.66. The van der Waals surface area contributed by atoms with Crippen molar-refractivity contribution in [2.75, 3.05) is 24.6 Å². The van der Waals surface area contributed by atoms with Gasteiger partial charge in [0.1, 0.15) is 6.07 Å². The zero-order valence-electron chi connectivity index (χ0n) is 9.60. The maximum atomic E-state index is 9.01. The molecule has 0 saturated carbocycles. The standard InChI is InChI=1S/C12H15N3O/c1-12(2)9-15(6-7-16-12)11-4-3-5-14-10(11)8-13/h3-5H,6-7,9H2,1-2H3. The van der Waals surface area contributed by atoms with E-state index in [2.05, 4.69) is 29.8 Å². The van der Waals surface area contributed by atoms with Crippen molar-refractivity contribution in [1.82, 2.24) is 4.98 Å². The molecule has 0 aromatic carbocycles. The van der Waals surface area contributed by atoms with Crippen LogP contribution in [0.25, 0.3) is 0 Å².